The van der Waals surface area contributed by atoms with E-state index in [9.17, 15) is 9.59 Å². The molecular formula is C10H18N2O2. The molecule has 0 bridgehead atoms. The lowest BCUT2D eigenvalue weighted by atomic mass is 10.2. The van der Waals surface area contributed by atoms with Crippen LogP contribution in [0, 0.1) is 0 Å². The molecule has 4 heteroatoms. The largest absolute Gasteiger partial charge is 0.358 e. The van der Waals surface area contributed by atoms with Crippen LogP contribution in [0.25, 0.3) is 0 Å². The maximum absolute atomic E-state index is 11.2. The van der Waals surface area contributed by atoms with Crippen molar-refractivity contribution in [2.24, 2.45) is 0 Å². The van der Waals surface area contributed by atoms with Gasteiger partial charge in [0.1, 0.15) is 5.78 Å². The Labute approximate surface area is 84.7 Å². The Morgan fingerprint density at radius 2 is 2.36 bits per heavy atom. The standard InChI is InChI=1S/C10H18N2O2/c1-3-12(7-10(14)11-2)8-4-5-9(13)6-8/h8H,3-7H2,1-2H3,(H,11,14). The molecule has 1 unspecified atom stereocenters. The highest BCUT2D eigenvalue weighted by Crippen LogP contribution is 2.20. The third-order valence-corrected chi connectivity index (χ3v) is 2.77. The molecule has 1 rings (SSSR count). The third-order valence-electron chi connectivity index (χ3n) is 2.77. The van der Waals surface area contributed by atoms with Gasteiger partial charge in [-0.05, 0) is 13.0 Å². The van der Waals surface area contributed by atoms with Crippen LogP contribution in [-0.2, 0) is 9.59 Å². The van der Waals surface area contributed by atoms with Crippen LogP contribution in [0.1, 0.15) is 26.2 Å². The van der Waals surface area contributed by atoms with Gasteiger partial charge < -0.3 is 5.32 Å². The lowest BCUT2D eigenvalue weighted by Crippen LogP contribution is -2.41. The zero-order chi connectivity index (χ0) is 10.6. The Morgan fingerprint density at radius 3 is 2.79 bits per heavy atom. The van der Waals surface area contributed by atoms with Crippen LogP contribution in [0.2, 0.25) is 0 Å². The van der Waals surface area contributed by atoms with Gasteiger partial charge in [-0.15, -0.1) is 0 Å². The van der Waals surface area contributed by atoms with E-state index < -0.39 is 0 Å². The fourth-order valence-electron chi connectivity index (χ4n) is 1.87. The molecule has 1 fully saturated rings. The summed E-state index contributed by atoms with van der Waals surface area (Å²) in [5.74, 6) is 0.344. The van der Waals surface area contributed by atoms with Crippen molar-refractivity contribution in [3.63, 3.8) is 0 Å². The van der Waals surface area contributed by atoms with Gasteiger partial charge in [0, 0.05) is 25.9 Å². The maximum Gasteiger partial charge on any atom is 0.233 e. The second-order valence-electron chi connectivity index (χ2n) is 3.67. The minimum atomic E-state index is 0.0196. The molecular weight excluding hydrogens is 180 g/mol. The van der Waals surface area contributed by atoms with Crippen LogP contribution in [0.5, 0.6) is 0 Å². The predicted molar refractivity (Wildman–Crippen MR) is 54.0 cm³/mol. The summed E-state index contributed by atoms with van der Waals surface area (Å²) in [7, 11) is 1.63. The summed E-state index contributed by atoms with van der Waals surface area (Å²) in [4.78, 5) is 24.4. The molecule has 0 spiro atoms. The summed E-state index contributed by atoms with van der Waals surface area (Å²) in [6.07, 6.45) is 2.20. The van der Waals surface area contributed by atoms with Crippen molar-refractivity contribution in [1.82, 2.24) is 10.2 Å². The zero-order valence-electron chi connectivity index (χ0n) is 8.88. The molecule has 0 aromatic heterocycles. The molecule has 0 heterocycles. The first-order chi connectivity index (χ1) is 6.67. The Balaban J connectivity index is 2.45. The van der Waals surface area contributed by atoms with Gasteiger partial charge in [-0.25, -0.2) is 0 Å². The van der Waals surface area contributed by atoms with Crippen molar-refractivity contribution < 1.29 is 9.59 Å². The highest BCUT2D eigenvalue weighted by molar-refractivity contribution is 5.81. The van der Waals surface area contributed by atoms with Gasteiger partial charge in [-0.2, -0.15) is 0 Å². The number of Topliss-reactive ketones (excluding diaryl/α,β-unsaturated/α-hetero) is 1. The summed E-state index contributed by atoms with van der Waals surface area (Å²) in [5, 5.41) is 2.60. The van der Waals surface area contributed by atoms with E-state index in [1.165, 1.54) is 0 Å². The van der Waals surface area contributed by atoms with Crippen LogP contribution in [0.15, 0.2) is 0 Å². The molecule has 14 heavy (non-hydrogen) atoms. The number of nitrogens with one attached hydrogen (secondary N) is 1. The highest BCUT2D eigenvalue weighted by atomic mass is 16.2. The van der Waals surface area contributed by atoms with E-state index in [-0.39, 0.29) is 11.9 Å². The Bertz CT molecular complexity index is 228. The first kappa shape index (κ1) is 11.2. The average Bonchev–Trinajstić information content (AvgIpc) is 2.60. The second-order valence-corrected chi connectivity index (χ2v) is 3.67. The van der Waals surface area contributed by atoms with Crippen LogP contribution in [0.4, 0.5) is 0 Å². The van der Waals surface area contributed by atoms with E-state index in [1.54, 1.807) is 7.05 Å². The van der Waals surface area contributed by atoms with E-state index in [1.807, 2.05) is 6.92 Å². The van der Waals surface area contributed by atoms with E-state index in [4.69, 9.17) is 0 Å². The number of carbonyl (C=O) groups excluding carboxylic acids is 2. The van der Waals surface area contributed by atoms with Gasteiger partial charge in [0.15, 0.2) is 0 Å². The maximum atomic E-state index is 11.2. The molecule has 0 aromatic rings. The van der Waals surface area contributed by atoms with E-state index in [2.05, 4.69) is 10.2 Å². The van der Waals surface area contributed by atoms with Crippen molar-refractivity contribution in [2.45, 2.75) is 32.2 Å². The van der Waals surface area contributed by atoms with Crippen molar-refractivity contribution >= 4 is 11.7 Å². The fourth-order valence-corrected chi connectivity index (χ4v) is 1.87. The minimum absolute atomic E-state index is 0.0196. The molecule has 1 N–H and O–H groups in total. The van der Waals surface area contributed by atoms with Crippen molar-refractivity contribution in [1.29, 1.82) is 0 Å². The first-order valence-electron chi connectivity index (χ1n) is 5.13. The second kappa shape index (κ2) is 5.10. The van der Waals surface area contributed by atoms with Gasteiger partial charge in [-0.3, -0.25) is 14.5 Å². The van der Waals surface area contributed by atoms with Gasteiger partial charge in [0.25, 0.3) is 0 Å². The number of hydrogen-bond donors (Lipinski definition) is 1. The molecule has 0 radical (unpaired) electrons. The van der Waals surface area contributed by atoms with Crippen LogP contribution in [-0.4, -0.2) is 42.8 Å². The molecule has 0 saturated heterocycles. The van der Waals surface area contributed by atoms with Crippen molar-refractivity contribution in [3.05, 3.63) is 0 Å². The van der Waals surface area contributed by atoms with E-state index in [0.29, 0.717) is 25.2 Å². The highest BCUT2D eigenvalue weighted by Gasteiger charge is 2.27. The molecule has 0 aromatic carbocycles. The summed E-state index contributed by atoms with van der Waals surface area (Å²) in [6.45, 7) is 3.25. The average molecular weight is 198 g/mol. The van der Waals surface area contributed by atoms with Crippen molar-refractivity contribution in [3.8, 4) is 0 Å². The predicted octanol–water partition coefficient (Wildman–Crippen LogP) is 0.176. The molecule has 4 nitrogen and oxygen atoms in total. The van der Waals surface area contributed by atoms with E-state index >= 15 is 0 Å². The third kappa shape index (κ3) is 2.80. The minimum Gasteiger partial charge on any atom is -0.358 e. The SMILES string of the molecule is CCN(CC(=O)NC)C1CCC(=O)C1. The summed E-state index contributed by atoms with van der Waals surface area (Å²) < 4.78 is 0. The molecule has 1 amide bonds. The number of rotatable bonds is 4. The van der Waals surface area contributed by atoms with Gasteiger partial charge >= 0.3 is 0 Å². The van der Waals surface area contributed by atoms with Gasteiger partial charge in [-0.1, -0.05) is 6.92 Å². The normalized spacial score (nSPS) is 21.6. The number of ketones is 1. The molecule has 1 aliphatic carbocycles. The molecule has 1 saturated carbocycles. The molecule has 0 aliphatic heterocycles. The van der Waals surface area contributed by atoms with Crippen molar-refractivity contribution in [2.75, 3.05) is 20.1 Å². The van der Waals surface area contributed by atoms with Crippen LogP contribution in [0.3, 0.4) is 0 Å². The summed E-state index contributed by atoms with van der Waals surface area (Å²) in [6, 6.07) is 0.282. The topological polar surface area (TPSA) is 49.4 Å². The first-order valence-corrected chi connectivity index (χ1v) is 5.13. The molecule has 80 valence electrons. The molecule has 1 aliphatic rings. The Kier molecular flexibility index (Phi) is 4.07. The monoisotopic (exact) mass is 198 g/mol. The lowest BCUT2D eigenvalue weighted by molar-refractivity contribution is -0.123. The summed E-state index contributed by atoms with van der Waals surface area (Å²) >= 11 is 0. The van der Waals surface area contributed by atoms with Gasteiger partial charge in [0.2, 0.25) is 5.91 Å². The van der Waals surface area contributed by atoms with Crippen LogP contribution < -0.4 is 5.32 Å². The van der Waals surface area contributed by atoms with Crippen LogP contribution >= 0.6 is 0 Å². The van der Waals surface area contributed by atoms with Gasteiger partial charge in [0.05, 0.1) is 6.54 Å². The Morgan fingerprint density at radius 1 is 1.64 bits per heavy atom. The number of nitrogens with zero attached hydrogens (tertiary/aromatic N) is 1. The number of carbonyl (C=O) groups is 2. The zero-order valence-corrected chi connectivity index (χ0v) is 8.88. The Hall–Kier alpha value is -0.900. The van der Waals surface area contributed by atoms with E-state index in [0.717, 1.165) is 13.0 Å². The lowest BCUT2D eigenvalue weighted by Gasteiger charge is -2.25. The molecule has 1 atom stereocenters. The number of likely N-dealkylation sites (N-methyl/N-ethyl adjacent to an activating group) is 2. The smallest absolute Gasteiger partial charge is 0.233 e. The summed E-state index contributed by atoms with van der Waals surface area (Å²) in [5.41, 5.74) is 0. The number of amides is 1. The fraction of sp³-hybridized carbons (Fsp3) is 0.800. The number of hydrogen-bond acceptors (Lipinski definition) is 3. The quantitative estimate of drug-likeness (QED) is 0.701.